The summed E-state index contributed by atoms with van der Waals surface area (Å²) in [6, 6.07) is 13.0. The van der Waals surface area contributed by atoms with E-state index in [1.54, 1.807) is 24.3 Å². The van der Waals surface area contributed by atoms with Crippen LogP contribution in [0.2, 0.25) is 0 Å². The SMILES string of the molecule is Cc1ccc2c(c1)CC(COc1ccccc1B(O)O)O2. The van der Waals surface area contributed by atoms with Gasteiger partial charge in [0.1, 0.15) is 24.2 Å². The largest absolute Gasteiger partial charge is 0.492 e. The minimum atomic E-state index is -1.54. The molecule has 21 heavy (non-hydrogen) atoms. The molecule has 0 amide bonds. The Kier molecular flexibility index (Phi) is 3.86. The zero-order valence-corrected chi connectivity index (χ0v) is 11.8. The van der Waals surface area contributed by atoms with E-state index in [0.29, 0.717) is 17.8 Å². The van der Waals surface area contributed by atoms with E-state index in [2.05, 4.69) is 13.0 Å². The molecule has 0 aromatic heterocycles. The summed E-state index contributed by atoms with van der Waals surface area (Å²) in [6.45, 7) is 2.43. The molecule has 1 aliphatic heterocycles. The first kappa shape index (κ1) is 14.0. The number of para-hydroxylation sites is 1. The molecule has 1 atom stereocenters. The molecule has 5 heteroatoms. The summed E-state index contributed by atoms with van der Waals surface area (Å²) >= 11 is 0. The Labute approximate surface area is 124 Å². The van der Waals surface area contributed by atoms with Crippen LogP contribution in [0.15, 0.2) is 42.5 Å². The molecule has 4 nitrogen and oxygen atoms in total. The monoisotopic (exact) mass is 284 g/mol. The molecule has 0 fully saturated rings. The van der Waals surface area contributed by atoms with Crippen LogP contribution in [0.1, 0.15) is 11.1 Å². The van der Waals surface area contributed by atoms with Crippen molar-refractivity contribution in [1.29, 1.82) is 0 Å². The molecule has 0 spiro atoms. The van der Waals surface area contributed by atoms with Gasteiger partial charge >= 0.3 is 7.12 Å². The van der Waals surface area contributed by atoms with Crippen LogP contribution in [0.25, 0.3) is 0 Å². The Morgan fingerprint density at radius 1 is 1.24 bits per heavy atom. The van der Waals surface area contributed by atoms with Crippen LogP contribution >= 0.6 is 0 Å². The number of fused-ring (bicyclic) bond motifs is 1. The predicted octanol–water partition coefficient (Wildman–Crippen LogP) is 1.06. The van der Waals surface area contributed by atoms with Gasteiger partial charge in [0.05, 0.1) is 0 Å². The summed E-state index contributed by atoms with van der Waals surface area (Å²) < 4.78 is 11.5. The van der Waals surface area contributed by atoms with Gasteiger partial charge in [0, 0.05) is 11.9 Å². The Morgan fingerprint density at radius 3 is 2.86 bits per heavy atom. The number of rotatable bonds is 4. The van der Waals surface area contributed by atoms with Crippen molar-refractivity contribution in [2.45, 2.75) is 19.4 Å². The summed E-state index contributed by atoms with van der Waals surface area (Å²) in [7, 11) is -1.54. The molecule has 2 N–H and O–H groups in total. The molecule has 1 unspecified atom stereocenters. The van der Waals surface area contributed by atoms with Crippen molar-refractivity contribution >= 4 is 12.6 Å². The number of benzene rings is 2. The van der Waals surface area contributed by atoms with E-state index in [1.165, 1.54) is 11.1 Å². The smallest absolute Gasteiger partial charge is 0.490 e. The van der Waals surface area contributed by atoms with Gasteiger partial charge in [-0.3, -0.25) is 0 Å². The molecule has 1 aliphatic rings. The molecule has 0 radical (unpaired) electrons. The van der Waals surface area contributed by atoms with Crippen molar-refractivity contribution in [2.24, 2.45) is 0 Å². The molecular weight excluding hydrogens is 267 g/mol. The number of ether oxygens (including phenoxy) is 2. The highest BCUT2D eigenvalue weighted by Gasteiger charge is 2.24. The fourth-order valence-electron chi connectivity index (χ4n) is 2.55. The van der Waals surface area contributed by atoms with Gasteiger partial charge < -0.3 is 19.5 Å². The lowest BCUT2D eigenvalue weighted by molar-refractivity contribution is 0.149. The van der Waals surface area contributed by atoms with Crippen LogP contribution in [0.3, 0.4) is 0 Å². The van der Waals surface area contributed by atoms with Crippen LogP contribution in [0.5, 0.6) is 11.5 Å². The third-order valence-corrected chi connectivity index (χ3v) is 3.58. The first-order chi connectivity index (χ1) is 10.1. The Bertz CT molecular complexity index is 642. The fraction of sp³-hybridized carbons (Fsp3) is 0.250. The molecule has 108 valence electrons. The quantitative estimate of drug-likeness (QED) is 0.824. The van der Waals surface area contributed by atoms with Crippen LogP contribution in [-0.4, -0.2) is 29.9 Å². The Morgan fingerprint density at radius 2 is 2.05 bits per heavy atom. The summed E-state index contributed by atoms with van der Waals surface area (Å²) in [5.74, 6) is 1.38. The van der Waals surface area contributed by atoms with E-state index in [9.17, 15) is 10.0 Å². The van der Waals surface area contributed by atoms with Gasteiger partial charge in [0.25, 0.3) is 0 Å². The zero-order chi connectivity index (χ0) is 14.8. The van der Waals surface area contributed by atoms with Gasteiger partial charge in [-0.15, -0.1) is 0 Å². The minimum Gasteiger partial charge on any atom is -0.490 e. The number of hydrogen-bond donors (Lipinski definition) is 2. The molecule has 3 rings (SSSR count). The maximum absolute atomic E-state index is 9.31. The van der Waals surface area contributed by atoms with Crippen LogP contribution in [0.4, 0.5) is 0 Å². The number of hydrogen-bond acceptors (Lipinski definition) is 4. The van der Waals surface area contributed by atoms with Gasteiger partial charge in [0.2, 0.25) is 0 Å². The van der Waals surface area contributed by atoms with Crippen LogP contribution in [0, 0.1) is 6.92 Å². The van der Waals surface area contributed by atoms with E-state index in [1.807, 2.05) is 12.1 Å². The van der Waals surface area contributed by atoms with Gasteiger partial charge in [-0.05, 0) is 24.6 Å². The molecule has 2 aromatic carbocycles. The number of aryl methyl sites for hydroxylation is 1. The average molecular weight is 284 g/mol. The highest BCUT2D eigenvalue weighted by molar-refractivity contribution is 6.59. The van der Waals surface area contributed by atoms with Gasteiger partial charge in [0.15, 0.2) is 0 Å². The van der Waals surface area contributed by atoms with Gasteiger partial charge in [-0.1, -0.05) is 35.9 Å². The first-order valence-electron chi connectivity index (χ1n) is 6.97. The molecular formula is C16H17BO4. The third-order valence-electron chi connectivity index (χ3n) is 3.58. The molecule has 1 heterocycles. The summed E-state index contributed by atoms with van der Waals surface area (Å²) in [6.07, 6.45) is 0.756. The van der Waals surface area contributed by atoms with E-state index in [4.69, 9.17) is 9.47 Å². The fourth-order valence-corrected chi connectivity index (χ4v) is 2.55. The molecule has 0 bridgehead atoms. The Hall–Kier alpha value is -1.98. The zero-order valence-electron chi connectivity index (χ0n) is 11.8. The lowest BCUT2D eigenvalue weighted by Gasteiger charge is -2.14. The lowest BCUT2D eigenvalue weighted by atomic mass is 9.79. The van der Waals surface area contributed by atoms with Crippen molar-refractivity contribution in [2.75, 3.05) is 6.61 Å². The molecule has 0 aliphatic carbocycles. The highest BCUT2D eigenvalue weighted by Crippen LogP contribution is 2.29. The van der Waals surface area contributed by atoms with E-state index in [-0.39, 0.29) is 6.10 Å². The maximum Gasteiger partial charge on any atom is 0.492 e. The van der Waals surface area contributed by atoms with E-state index < -0.39 is 7.12 Å². The second-order valence-electron chi connectivity index (χ2n) is 5.28. The van der Waals surface area contributed by atoms with Crippen molar-refractivity contribution < 1.29 is 19.5 Å². The topological polar surface area (TPSA) is 58.9 Å². The summed E-state index contributed by atoms with van der Waals surface area (Å²) in [5, 5.41) is 18.6. The van der Waals surface area contributed by atoms with Crippen molar-refractivity contribution in [1.82, 2.24) is 0 Å². The second-order valence-corrected chi connectivity index (χ2v) is 5.28. The molecule has 0 saturated heterocycles. The first-order valence-corrected chi connectivity index (χ1v) is 6.97. The molecule has 0 saturated carbocycles. The maximum atomic E-state index is 9.31. The highest BCUT2D eigenvalue weighted by atomic mass is 16.5. The third kappa shape index (κ3) is 3.04. The summed E-state index contributed by atoms with van der Waals surface area (Å²) in [4.78, 5) is 0. The Balaban J connectivity index is 1.65. The standard InChI is InChI=1S/C16H17BO4/c1-11-6-7-15-12(8-11)9-13(21-15)10-20-16-5-3-2-4-14(16)17(18)19/h2-8,13,18-19H,9-10H2,1H3. The van der Waals surface area contributed by atoms with Crippen molar-refractivity contribution in [3.8, 4) is 11.5 Å². The van der Waals surface area contributed by atoms with Crippen molar-refractivity contribution in [3.05, 3.63) is 53.6 Å². The lowest BCUT2D eigenvalue weighted by Crippen LogP contribution is -2.33. The van der Waals surface area contributed by atoms with E-state index in [0.717, 1.165) is 12.2 Å². The summed E-state index contributed by atoms with van der Waals surface area (Å²) in [5.41, 5.74) is 2.77. The van der Waals surface area contributed by atoms with E-state index >= 15 is 0 Å². The normalized spacial score (nSPS) is 16.2. The molecule has 2 aromatic rings. The van der Waals surface area contributed by atoms with Crippen LogP contribution in [-0.2, 0) is 6.42 Å². The van der Waals surface area contributed by atoms with Gasteiger partial charge in [-0.2, -0.15) is 0 Å². The minimum absolute atomic E-state index is 0.0503. The van der Waals surface area contributed by atoms with Crippen molar-refractivity contribution in [3.63, 3.8) is 0 Å². The average Bonchev–Trinajstić information content (AvgIpc) is 2.87. The van der Waals surface area contributed by atoms with Crippen LogP contribution < -0.4 is 14.9 Å². The predicted molar refractivity (Wildman–Crippen MR) is 81.1 cm³/mol. The second kappa shape index (κ2) is 5.80. The van der Waals surface area contributed by atoms with Gasteiger partial charge in [-0.25, -0.2) is 0 Å².